The van der Waals surface area contributed by atoms with Gasteiger partial charge in [0.25, 0.3) is 0 Å². The van der Waals surface area contributed by atoms with Crippen molar-refractivity contribution in [3.05, 3.63) is 18.2 Å². The van der Waals surface area contributed by atoms with Gasteiger partial charge in [-0.25, -0.2) is 9.59 Å². The Morgan fingerprint density at radius 3 is 2.53 bits per heavy atom. The Morgan fingerprint density at radius 2 is 1.87 bits per heavy atom. The molecule has 2 aliphatic heterocycles. The van der Waals surface area contributed by atoms with E-state index < -0.39 is 11.6 Å². The number of hydrogen-bond donors (Lipinski definition) is 1. The van der Waals surface area contributed by atoms with Gasteiger partial charge in [-0.1, -0.05) is 5.16 Å². The molecule has 10 heteroatoms. The second-order valence-electron chi connectivity index (χ2n) is 8.40. The Morgan fingerprint density at radius 1 is 1.13 bits per heavy atom. The minimum Gasteiger partial charge on any atom is -0.444 e. The van der Waals surface area contributed by atoms with Gasteiger partial charge in [-0.3, -0.25) is 15.0 Å². The van der Waals surface area contributed by atoms with Crippen LogP contribution < -0.4 is 15.1 Å². The van der Waals surface area contributed by atoms with Crippen LogP contribution in [0.2, 0.25) is 0 Å². The van der Waals surface area contributed by atoms with Crippen molar-refractivity contribution in [3.63, 3.8) is 0 Å². The zero-order valence-electron chi connectivity index (χ0n) is 17.3. The molecule has 0 saturated carbocycles. The summed E-state index contributed by atoms with van der Waals surface area (Å²) < 4.78 is 10.9. The van der Waals surface area contributed by atoms with Crippen LogP contribution in [0.4, 0.5) is 21.1 Å². The molecular formula is C20H25N5O5. The summed E-state index contributed by atoms with van der Waals surface area (Å²) in [5.74, 6) is 0.434. The third-order valence-electron chi connectivity index (χ3n) is 5.03. The van der Waals surface area contributed by atoms with E-state index in [0.717, 1.165) is 5.39 Å². The van der Waals surface area contributed by atoms with Crippen LogP contribution in [-0.4, -0.2) is 66.4 Å². The lowest BCUT2D eigenvalue weighted by atomic mass is 10.2. The van der Waals surface area contributed by atoms with Crippen molar-refractivity contribution < 1.29 is 23.6 Å². The van der Waals surface area contributed by atoms with E-state index in [0.29, 0.717) is 49.8 Å². The molecule has 4 amide bonds. The van der Waals surface area contributed by atoms with Crippen LogP contribution in [0.3, 0.4) is 0 Å². The Labute approximate surface area is 173 Å². The van der Waals surface area contributed by atoms with Gasteiger partial charge in [0.15, 0.2) is 11.4 Å². The van der Waals surface area contributed by atoms with Gasteiger partial charge in [0.1, 0.15) is 5.60 Å². The van der Waals surface area contributed by atoms with Crippen molar-refractivity contribution in [2.45, 2.75) is 32.8 Å². The van der Waals surface area contributed by atoms with Gasteiger partial charge in [0.2, 0.25) is 5.91 Å². The van der Waals surface area contributed by atoms with Crippen molar-refractivity contribution in [2.24, 2.45) is 0 Å². The number of nitrogens with one attached hydrogen (secondary N) is 1. The van der Waals surface area contributed by atoms with Crippen molar-refractivity contribution in [3.8, 4) is 0 Å². The highest BCUT2D eigenvalue weighted by molar-refractivity contribution is 6.06. The first kappa shape index (κ1) is 20.0. The van der Waals surface area contributed by atoms with Crippen molar-refractivity contribution in [2.75, 3.05) is 42.5 Å². The van der Waals surface area contributed by atoms with Crippen LogP contribution in [0.15, 0.2) is 22.7 Å². The van der Waals surface area contributed by atoms with E-state index in [9.17, 15) is 14.4 Å². The third kappa shape index (κ3) is 4.03. The smallest absolute Gasteiger partial charge is 0.410 e. The van der Waals surface area contributed by atoms with E-state index in [-0.39, 0.29) is 18.4 Å². The van der Waals surface area contributed by atoms with Gasteiger partial charge in [0, 0.05) is 50.9 Å². The van der Waals surface area contributed by atoms with E-state index in [4.69, 9.17) is 9.26 Å². The normalized spacial score (nSPS) is 18.0. The number of amides is 4. The molecule has 0 bridgehead atoms. The molecule has 3 heterocycles. The summed E-state index contributed by atoms with van der Waals surface area (Å²) in [7, 11) is 0. The van der Waals surface area contributed by atoms with E-state index in [1.54, 1.807) is 11.0 Å². The summed E-state index contributed by atoms with van der Waals surface area (Å²) in [6, 6.07) is 4.98. The minimum atomic E-state index is -0.521. The van der Waals surface area contributed by atoms with E-state index in [1.165, 1.54) is 4.90 Å². The number of hydrogen-bond acceptors (Lipinski definition) is 7. The number of aromatic nitrogens is 1. The molecule has 0 unspecified atom stereocenters. The summed E-state index contributed by atoms with van der Waals surface area (Å²) >= 11 is 0. The number of anilines is 2. The molecule has 2 aliphatic rings. The number of fused-ring (bicyclic) bond motifs is 1. The van der Waals surface area contributed by atoms with Gasteiger partial charge in [-0.2, -0.15) is 0 Å². The summed E-state index contributed by atoms with van der Waals surface area (Å²) in [6.45, 7) is 8.15. The zero-order valence-corrected chi connectivity index (χ0v) is 17.3. The van der Waals surface area contributed by atoms with E-state index in [2.05, 4.69) is 15.4 Å². The molecule has 10 nitrogen and oxygen atoms in total. The number of imide groups is 1. The zero-order chi connectivity index (χ0) is 21.5. The first-order valence-electron chi connectivity index (χ1n) is 9.95. The standard InChI is InChI=1S/C20H25N5O5/c1-20(2,3)29-19(28)24-10-8-23(9-11-24)17-14-5-4-13(12-15(14)30-22-17)25-7-6-16(26)21-18(25)27/h4-5,12H,6-11H2,1-3H3,(H,21,26,27). The third-order valence-corrected chi connectivity index (χ3v) is 5.03. The molecule has 2 saturated heterocycles. The first-order valence-corrected chi connectivity index (χ1v) is 9.95. The molecule has 0 atom stereocenters. The highest BCUT2D eigenvalue weighted by Crippen LogP contribution is 2.31. The van der Waals surface area contributed by atoms with Crippen LogP contribution >= 0.6 is 0 Å². The molecule has 160 valence electrons. The van der Waals surface area contributed by atoms with Crippen molar-refractivity contribution in [1.82, 2.24) is 15.4 Å². The predicted octanol–water partition coefficient (Wildman–Crippen LogP) is 2.33. The Balaban J connectivity index is 1.45. The summed E-state index contributed by atoms with van der Waals surface area (Å²) in [5.41, 5.74) is 0.680. The SMILES string of the molecule is CC(C)(C)OC(=O)N1CCN(c2noc3cc(N4CCC(=O)NC4=O)ccc23)CC1. The molecule has 2 fully saturated rings. The Bertz CT molecular complexity index is 987. The predicted molar refractivity (Wildman–Crippen MR) is 110 cm³/mol. The number of carbonyl (C=O) groups is 3. The number of piperazine rings is 1. The molecule has 0 spiro atoms. The molecule has 1 aromatic carbocycles. The van der Waals surface area contributed by atoms with Crippen LogP contribution in [0, 0.1) is 0 Å². The number of ether oxygens (including phenoxy) is 1. The lowest BCUT2D eigenvalue weighted by Gasteiger charge is -2.35. The maximum absolute atomic E-state index is 12.2. The fourth-order valence-electron chi connectivity index (χ4n) is 3.55. The highest BCUT2D eigenvalue weighted by Gasteiger charge is 2.29. The fraction of sp³-hybridized carbons (Fsp3) is 0.500. The van der Waals surface area contributed by atoms with Crippen molar-refractivity contribution >= 4 is 40.5 Å². The molecular weight excluding hydrogens is 390 g/mol. The van der Waals surface area contributed by atoms with Crippen molar-refractivity contribution in [1.29, 1.82) is 0 Å². The number of rotatable bonds is 2. The molecule has 30 heavy (non-hydrogen) atoms. The molecule has 0 aliphatic carbocycles. The van der Waals surface area contributed by atoms with Crippen LogP contribution in [0.25, 0.3) is 11.0 Å². The molecule has 0 radical (unpaired) electrons. The lowest BCUT2D eigenvalue weighted by Crippen LogP contribution is -2.50. The highest BCUT2D eigenvalue weighted by atomic mass is 16.6. The van der Waals surface area contributed by atoms with Crippen LogP contribution in [0.1, 0.15) is 27.2 Å². The lowest BCUT2D eigenvalue weighted by molar-refractivity contribution is -0.120. The summed E-state index contributed by atoms with van der Waals surface area (Å²) in [6.07, 6.45) is -0.0528. The van der Waals surface area contributed by atoms with Crippen LogP contribution in [0.5, 0.6) is 0 Å². The number of carbonyl (C=O) groups excluding carboxylic acids is 3. The summed E-state index contributed by atoms with van der Waals surface area (Å²) in [5, 5.41) is 7.35. The molecule has 2 aromatic rings. The maximum Gasteiger partial charge on any atom is 0.410 e. The van der Waals surface area contributed by atoms with Gasteiger partial charge in [-0.05, 0) is 32.9 Å². The molecule has 1 N–H and O–H groups in total. The maximum atomic E-state index is 12.2. The quantitative estimate of drug-likeness (QED) is 0.802. The number of benzene rings is 1. The second-order valence-corrected chi connectivity index (χ2v) is 8.40. The Hall–Kier alpha value is -3.30. The van der Waals surface area contributed by atoms with E-state index >= 15 is 0 Å². The average molecular weight is 415 g/mol. The van der Waals surface area contributed by atoms with E-state index in [1.807, 2.05) is 32.9 Å². The monoisotopic (exact) mass is 415 g/mol. The largest absolute Gasteiger partial charge is 0.444 e. The number of nitrogens with zero attached hydrogens (tertiary/aromatic N) is 4. The Kier molecular flexibility index (Phi) is 5.00. The fourth-order valence-corrected chi connectivity index (χ4v) is 3.55. The second kappa shape index (κ2) is 7.51. The first-order chi connectivity index (χ1) is 14.2. The molecule has 4 rings (SSSR count). The van der Waals surface area contributed by atoms with Gasteiger partial charge >= 0.3 is 12.1 Å². The molecule has 1 aromatic heterocycles. The van der Waals surface area contributed by atoms with Gasteiger partial charge in [-0.15, -0.1) is 0 Å². The minimum absolute atomic E-state index is 0.257. The average Bonchev–Trinajstić information content (AvgIpc) is 3.10. The number of urea groups is 1. The summed E-state index contributed by atoms with van der Waals surface area (Å²) in [4.78, 5) is 40.9. The van der Waals surface area contributed by atoms with Gasteiger partial charge < -0.3 is 19.1 Å². The van der Waals surface area contributed by atoms with Crippen LogP contribution in [-0.2, 0) is 9.53 Å². The van der Waals surface area contributed by atoms with Gasteiger partial charge in [0.05, 0.1) is 5.39 Å². The topological polar surface area (TPSA) is 108 Å².